The highest BCUT2D eigenvalue weighted by Gasteiger charge is 2.24. The van der Waals surface area contributed by atoms with Crippen molar-refractivity contribution in [1.82, 2.24) is 9.88 Å². The standard InChI is InChI=1S/C22H29N3O2/c1-17(2)9-13-25-14-10-18(11-15-25)22(26)24-19-5-7-20(8-6-19)27-21-4-3-12-23-16-21/h3-8,12,16-18H,9-11,13-15H2,1-2H3,(H,24,26). The van der Waals surface area contributed by atoms with Gasteiger partial charge in [0.05, 0.1) is 6.20 Å². The van der Waals surface area contributed by atoms with E-state index in [4.69, 9.17) is 4.74 Å². The zero-order valence-corrected chi connectivity index (χ0v) is 16.2. The van der Waals surface area contributed by atoms with E-state index >= 15 is 0 Å². The summed E-state index contributed by atoms with van der Waals surface area (Å²) in [6.45, 7) is 7.69. The first-order valence-electron chi connectivity index (χ1n) is 9.81. The Bertz CT molecular complexity index is 708. The van der Waals surface area contributed by atoms with Crippen molar-refractivity contribution in [3.63, 3.8) is 0 Å². The highest BCUT2D eigenvalue weighted by Crippen LogP contribution is 2.24. The summed E-state index contributed by atoms with van der Waals surface area (Å²) in [6, 6.07) is 11.2. The molecule has 0 unspecified atom stereocenters. The van der Waals surface area contributed by atoms with Crippen LogP contribution in [0.15, 0.2) is 48.8 Å². The lowest BCUT2D eigenvalue weighted by molar-refractivity contribution is -0.121. The van der Waals surface area contributed by atoms with Gasteiger partial charge in [-0.2, -0.15) is 0 Å². The molecule has 1 saturated heterocycles. The average molecular weight is 367 g/mol. The van der Waals surface area contributed by atoms with Crippen molar-refractivity contribution in [3.05, 3.63) is 48.8 Å². The number of nitrogens with zero attached hydrogens (tertiary/aromatic N) is 2. The second-order valence-electron chi connectivity index (χ2n) is 7.60. The molecular formula is C22H29N3O2. The van der Waals surface area contributed by atoms with Gasteiger partial charge < -0.3 is 15.0 Å². The van der Waals surface area contributed by atoms with E-state index in [1.807, 2.05) is 36.4 Å². The van der Waals surface area contributed by atoms with Crippen molar-refractivity contribution < 1.29 is 9.53 Å². The molecule has 0 spiro atoms. The molecule has 3 rings (SSSR count). The van der Waals surface area contributed by atoms with Gasteiger partial charge in [0, 0.05) is 17.8 Å². The number of rotatable bonds is 7. The number of anilines is 1. The summed E-state index contributed by atoms with van der Waals surface area (Å²) in [5.41, 5.74) is 0.806. The Balaban J connectivity index is 1.46. The molecular weight excluding hydrogens is 338 g/mol. The molecule has 1 aliphatic heterocycles. The van der Waals surface area contributed by atoms with Crippen molar-refractivity contribution in [2.75, 3.05) is 25.0 Å². The Hall–Kier alpha value is -2.40. The first-order valence-corrected chi connectivity index (χ1v) is 9.81. The van der Waals surface area contributed by atoms with Gasteiger partial charge in [0.25, 0.3) is 0 Å². The maximum Gasteiger partial charge on any atom is 0.227 e. The van der Waals surface area contributed by atoms with Gasteiger partial charge in [0.1, 0.15) is 11.5 Å². The van der Waals surface area contributed by atoms with Gasteiger partial charge in [-0.15, -0.1) is 0 Å². The van der Waals surface area contributed by atoms with E-state index in [0.717, 1.165) is 49.8 Å². The quantitative estimate of drug-likeness (QED) is 0.779. The summed E-state index contributed by atoms with van der Waals surface area (Å²) < 4.78 is 5.73. The number of aromatic nitrogens is 1. The first kappa shape index (κ1) is 19.4. The number of carbonyl (C=O) groups excluding carboxylic acids is 1. The third kappa shape index (κ3) is 6.07. The molecule has 0 aliphatic carbocycles. The fourth-order valence-corrected chi connectivity index (χ4v) is 3.25. The fourth-order valence-electron chi connectivity index (χ4n) is 3.25. The Labute approximate surface area is 161 Å². The van der Waals surface area contributed by atoms with Crippen LogP contribution in [0, 0.1) is 11.8 Å². The zero-order valence-electron chi connectivity index (χ0n) is 16.2. The highest BCUT2D eigenvalue weighted by atomic mass is 16.5. The molecule has 1 N–H and O–H groups in total. The molecule has 1 amide bonds. The molecule has 2 aromatic rings. The molecule has 27 heavy (non-hydrogen) atoms. The molecule has 5 nitrogen and oxygen atoms in total. The summed E-state index contributed by atoms with van der Waals surface area (Å²) >= 11 is 0. The maximum atomic E-state index is 12.5. The number of nitrogens with one attached hydrogen (secondary N) is 1. The monoisotopic (exact) mass is 367 g/mol. The smallest absolute Gasteiger partial charge is 0.227 e. The van der Waals surface area contributed by atoms with Crippen molar-refractivity contribution in [2.24, 2.45) is 11.8 Å². The van der Waals surface area contributed by atoms with Crippen LogP contribution in [0.4, 0.5) is 5.69 Å². The number of carbonyl (C=O) groups is 1. The van der Waals surface area contributed by atoms with Crippen LogP contribution in [0.2, 0.25) is 0 Å². The van der Waals surface area contributed by atoms with Crippen LogP contribution in [0.25, 0.3) is 0 Å². The minimum Gasteiger partial charge on any atom is -0.456 e. The van der Waals surface area contributed by atoms with Crippen molar-refractivity contribution in [2.45, 2.75) is 33.1 Å². The van der Waals surface area contributed by atoms with Crippen LogP contribution < -0.4 is 10.1 Å². The summed E-state index contributed by atoms with van der Waals surface area (Å²) in [5, 5.41) is 3.04. The van der Waals surface area contributed by atoms with Crippen molar-refractivity contribution >= 4 is 11.6 Å². The van der Waals surface area contributed by atoms with Crippen molar-refractivity contribution in [3.8, 4) is 11.5 Å². The van der Waals surface area contributed by atoms with Gasteiger partial charge in [0.2, 0.25) is 5.91 Å². The van der Waals surface area contributed by atoms with Gasteiger partial charge in [-0.1, -0.05) is 13.8 Å². The third-order valence-electron chi connectivity index (χ3n) is 4.97. The topological polar surface area (TPSA) is 54.5 Å². The largest absolute Gasteiger partial charge is 0.456 e. The molecule has 1 aliphatic rings. The Kier molecular flexibility index (Phi) is 6.82. The molecule has 5 heteroatoms. The Morgan fingerprint density at radius 2 is 1.93 bits per heavy atom. The first-order chi connectivity index (χ1) is 13.1. The molecule has 0 saturated carbocycles. The van der Waals surface area contributed by atoms with Gasteiger partial charge >= 0.3 is 0 Å². The Morgan fingerprint density at radius 1 is 1.19 bits per heavy atom. The van der Waals surface area contributed by atoms with E-state index in [9.17, 15) is 4.79 Å². The Morgan fingerprint density at radius 3 is 2.56 bits per heavy atom. The van der Waals surface area contributed by atoms with Crippen LogP contribution in [-0.4, -0.2) is 35.4 Å². The van der Waals surface area contributed by atoms with Crippen LogP contribution in [0.5, 0.6) is 11.5 Å². The van der Waals surface area contributed by atoms with E-state index < -0.39 is 0 Å². The van der Waals surface area contributed by atoms with Gasteiger partial charge in [0.15, 0.2) is 0 Å². The lowest BCUT2D eigenvalue weighted by atomic mass is 9.95. The van der Waals surface area contributed by atoms with Crippen LogP contribution >= 0.6 is 0 Å². The summed E-state index contributed by atoms with van der Waals surface area (Å²) in [5.74, 6) is 2.38. The van der Waals surface area contributed by atoms with E-state index in [1.165, 1.54) is 6.42 Å². The van der Waals surface area contributed by atoms with Crippen molar-refractivity contribution in [1.29, 1.82) is 0 Å². The highest BCUT2D eigenvalue weighted by molar-refractivity contribution is 5.92. The normalized spacial score (nSPS) is 15.7. The molecule has 0 atom stereocenters. The number of likely N-dealkylation sites (tertiary alicyclic amines) is 1. The second kappa shape index (κ2) is 9.51. The van der Waals surface area contributed by atoms with Crippen LogP contribution in [0.3, 0.4) is 0 Å². The van der Waals surface area contributed by atoms with E-state index in [-0.39, 0.29) is 11.8 Å². The number of piperidine rings is 1. The van der Waals surface area contributed by atoms with E-state index in [1.54, 1.807) is 12.4 Å². The molecule has 2 heterocycles. The maximum absolute atomic E-state index is 12.5. The zero-order chi connectivity index (χ0) is 19.1. The van der Waals surface area contributed by atoms with Gasteiger partial charge in [-0.25, -0.2) is 0 Å². The number of ether oxygens (including phenoxy) is 1. The average Bonchev–Trinajstić information content (AvgIpc) is 2.69. The second-order valence-corrected chi connectivity index (χ2v) is 7.60. The van der Waals surface area contributed by atoms with Crippen LogP contribution in [-0.2, 0) is 4.79 Å². The number of hydrogen-bond acceptors (Lipinski definition) is 4. The minimum atomic E-state index is 0.103. The van der Waals surface area contributed by atoms with Gasteiger partial charge in [-0.05, 0) is 81.2 Å². The van der Waals surface area contributed by atoms with E-state index in [0.29, 0.717) is 5.75 Å². The van der Waals surface area contributed by atoms with Crippen LogP contribution in [0.1, 0.15) is 33.1 Å². The lowest BCUT2D eigenvalue weighted by Gasteiger charge is -2.31. The fraction of sp³-hybridized carbons (Fsp3) is 0.455. The predicted molar refractivity (Wildman–Crippen MR) is 108 cm³/mol. The molecule has 0 bridgehead atoms. The number of benzene rings is 1. The SMILES string of the molecule is CC(C)CCN1CCC(C(=O)Nc2ccc(Oc3cccnc3)cc2)CC1. The van der Waals surface area contributed by atoms with Gasteiger partial charge in [-0.3, -0.25) is 9.78 Å². The molecule has 1 aromatic heterocycles. The minimum absolute atomic E-state index is 0.103. The third-order valence-corrected chi connectivity index (χ3v) is 4.97. The summed E-state index contributed by atoms with van der Waals surface area (Å²) in [6.07, 6.45) is 6.48. The number of amides is 1. The predicted octanol–water partition coefficient (Wildman–Crippen LogP) is 4.57. The summed E-state index contributed by atoms with van der Waals surface area (Å²) in [7, 11) is 0. The lowest BCUT2D eigenvalue weighted by Crippen LogP contribution is -2.38. The molecule has 144 valence electrons. The molecule has 1 aromatic carbocycles. The molecule has 0 radical (unpaired) electrons. The summed E-state index contributed by atoms with van der Waals surface area (Å²) in [4.78, 5) is 19.1. The number of pyridine rings is 1. The van der Waals surface area contributed by atoms with E-state index in [2.05, 4.69) is 29.0 Å². The number of hydrogen-bond donors (Lipinski definition) is 1. The molecule has 1 fully saturated rings.